The Hall–Kier alpha value is -1.000. The Morgan fingerprint density at radius 2 is 1.95 bits per heavy atom. The van der Waals surface area contributed by atoms with E-state index in [1.165, 1.54) is 5.56 Å². The monoisotopic (exact) mass is 337 g/mol. The maximum Gasteiger partial charge on any atom is 0.0997 e. The summed E-state index contributed by atoms with van der Waals surface area (Å²) in [5.74, 6) is 0. The highest BCUT2D eigenvalue weighted by molar-refractivity contribution is 8.00. The lowest BCUT2D eigenvalue weighted by molar-refractivity contribution is 0.191. The molecule has 0 amide bonds. The average molecular weight is 338 g/mol. The molecule has 0 radical (unpaired) electrons. The van der Waals surface area contributed by atoms with Gasteiger partial charge in [0.2, 0.25) is 0 Å². The fraction of sp³-hybridized carbons (Fsp3) is 0.188. The lowest BCUT2D eigenvalue weighted by Gasteiger charge is -2.26. The van der Waals surface area contributed by atoms with E-state index in [0.29, 0.717) is 21.3 Å². The van der Waals surface area contributed by atoms with Crippen LogP contribution in [0.4, 0.5) is 5.69 Å². The van der Waals surface area contributed by atoms with E-state index in [9.17, 15) is 5.11 Å². The molecule has 0 aromatic heterocycles. The normalized spacial score (nSPS) is 20.4. The van der Waals surface area contributed by atoms with Gasteiger partial charge in [-0.15, -0.1) is 11.8 Å². The molecule has 2 unspecified atom stereocenters. The lowest BCUT2D eigenvalue weighted by Crippen LogP contribution is -2.20. The maximum atomic E-state index is 10.6. The molecule has 0 spiro atoms. The highest BCUT2D eigenvalue weighted by Gasteiger charge is 2.29. The number of fused-ring (bicyclic) bond motifs is 1. The Balaban J connectivity index is 1.93. The van der Waals surface area contributed by atoms with Crippen molar-refractivity contribution in [1.29, 1.82) is 0 Å². The molecule has 0 bridgehead atoms. The van der Waals surface area contributed by atoms with E-state index >= 15 is 0 Å². The second-order valence-corrected chi connectivity index (χ2v) is 6.95. The van der Waals surface area contributed by atoms with Gasteiger partial charge in [0.15, 0.2) is 0 Å². The Morgan fingerprint density at radius 3 is 2.71 bits per heavy atom. The summed E-state index contributed by atoms with van der Waals surface area (Å²) in [5, 5.41) is 11.4. The third kappa shape index (κ3) is 2.97. The van der Waals surface area contributed by atoms with Crippen molar-refractivity contribution in [2.24, 2.45) is 4.99 Å². The summed E-state index contributed by atoms with van der Waals surface area (Å²) in [4.78, 5) is 5.52. The fourth-order valence-corrected chi connectivity index (χ4v) is 3.99. The second kappa shape index (κ2) is 6.01. The van der Waals surface area contributed by atoms with Gasteiger partial charge in [-0.2, -0.15) is 0 Å². The van der Waals surface area contributed by atoms with Crippen molar-refractivity contribution in [3.63, 3.8) is 0 Å². The zero-order valence-corrected chi connectivity index (χ0v) is 13.6. The molecule has 3 rings (SSSR count). The van der Waals surface area contributed by atoms with Crippen LogP contribution >= 0.6 is 35.0 Å². The predicted octanol–water partition coefficient (Wildman–Crippen LogP) is 5.21. The number of aryl methyl sites for hydroxylation is 1. The summed E-state index contributed by atoms with van der Waals surface area (Å²) >= 11 is 13.8. The van der Waals surface area contributed by atoms with E-state index < -0.39 is 6.10 Å². The fourth-order valence-electron chi connectivity index (χ4n) is 2.30. The van der Waals surface area contributed by atoms with E-state index in [-0.39, 0.29) is 5.25 Å². The zero-order valence-electron chi connectivity index (χ0n) is 11.3. The number of halogens is 2. The molecule has 0 saturated carbocycles. The predicted molar refractivity (Wildman–Crippen MR) is 90.4 cm³/mol. The molecule has 108 valence electrons. The number of hydrogen-bond donors (Lipinski definition) is 1. The number of aliphatic imine (C=N–C) groups is 1. The first-order valence-electron chi connectivity index (χ1n) is 6.50. The standard InChI is InChI=1S/C16H13Cl2NOS/c1-9-4-2-3-5-13(9)21-14-8-19-12-7-10(17)6-11(18)15(12)16(14)20/h2-8,14,16,20H,1H3. The average Bonchev–Trinajstić information content (AvgIpc) is 2.43. The van der Waals surface area contributed by atoms with Gasteiger partial charge in [0.25, 0.3) is 0 Å². The number of nitrogens with zero attached hydrogens (tertiary/aromatic N) is 1. The molecule has 1 heterocycles. The molecule has 2 aromatic carbocycles. The van der Waals surface area contributed by atoms with Crippen LogP contribution in [0.2, 0.25) is 10.0 Å². The van der Waals surface area contributed by atoms with Gasteiger partial charge in [-0.05, 0) is 30.7 Å². The minimum atomic E-state index is -0.702. The van der Waals surface area contributed by atoms with E-state index in [0.717, 1.165) is 4.90 Å². The molecule has 2 nitrogen and oxygen atoms in total. The molecule has 1 aliphatic heterocycles. The van der Waals surface area contributed by atoms with E-state index in [2.05, 4.69) is 18.0 Å². The van der Waals surface area contributed by atoms with Crippen molar-refractivity contribution < 1.29 is 5.11 Å². The van der Waals surface area contributed by atoms with Crippen molar-refractivity contribution in [2.45, 2.75) is 23.2 Å². The number of aliphatic hydroxyl groups is 1. The Morgan fingerprint density at radius 1 is 1.19 bits per heavy atom. The minimum absolute atomic E-state index is 0.169. The summed E-state index contributed by atoms with van der Waals surface area (Å²) in [6.07, 6.45) is 1.06. The smallest absolute Gasteiger partial charge is 0.0997 e. The van der Waals surface area contributed by atoms with Gasteiger partial charge in [0.05, 0.1) is 22.1 Å². The molecule has 0 fully saturated rings. The molecule has 21 heavy (non-hydrogen) atoms. The maximum absolute atomic E-state index is 10.6. The topological polar surface area (TPSA) is 32.6 Å². The summed E-state index contributed by atoms with van der Waals surface area (Å²) in [5.41, 5.74) is 2.47. The number of benzene rings is 2. The van der Waals surface area contributed by atoms with Crippen molar-refractivity contribution in [1.82, 2.24) is 0 Å². The molecule has 2 aromatic rings. The van der Waals surface area contributed by atoms with Crippen LogP contribution in [0.5, 0.6) is 0 Å². The summed E-state index contributed by atoms with van der Waals surface area (Å²) in [6.45, 7) is 2.05. The van der Waals surface area contributed by atoms with Crippen LogP contribution in [0.15, 0.2) is 46.3 Å². The zero-order chi connectivity index (χ0) is 15.0. The van der Waals surface area contributed by atoms with Crippen LogP contribution in [-0.4, -0.2) is 16.6 Å². The molecule has 0 aliphatic carbocycles. The summed E-state index contributed by atoms with van der Waals surface area (Å²) in [7, 11) is 0. The lowest BCUT2D eigenvalue weighted by atomic mass is 10.0. The highest BCUT2D eigenvalue weighted by Crippen LogP contribution is 2.43. The quantitative estimate of drug-likeness (QED) is 0.815. The van der Waals surface area contributed by atoms with Gasteiger partial charge in [0.1, 0.15) is 0 Å². The van der Waals surface area contributed by atoms with Crippen LogP contribution in [-0.2, 0) is 0 Å². The molecular formula is C16H13Cl2NOS. The highest BCUT2D eigenvalue weighted by atomic mass is 35.5. The Bertz CT molecular complexity index is 717. The Labute approximate surface area is 137 Å². The van der Waals surface area contributed by atoms with Gasteiger partial charge in [-0.25, -0.2) is 0 Å². The van der Waals surface area contributed by atoms with Crippen molar-refractivity contribution in [3.8, 4) is 0 Å². The SMILES string of the molecule is Cc1ccccc1SC1C=Nc2cc(Cl)cc(Cl)c2C1O. The number of rotatable bonds is 2. The van der Waals surface area contributed by atoms with Gasteiger partial charge < -0.3 is 5.11 Å². The Kier molecular flexibility index (Phi) is 4.27. The van der Waals surface area contributed by atoms with Crippen molar-refractivity contribution in [3.05, 3.63) is 57.6 Å². The largest absolute Gasteiger partial charge is 0.387 e. The van der Waals surface area contributed by atoms with Crippen molar-refractivity contribution in [2.75, 3.05) is 0 Å². The first kappa shape index (κ1) is 14.9. The first-order valence-corrected chi connectivity index (χ1v) is 8.13. The number of thioether (sulfide) groups is 1. The third-order valence-corrected chi connectivity index (χ3v) is 5.29. The minimum Gasteiger partial charge on any atom is -0.387 e. The molecule has 0 saturated heterocycles. The molecule has 2 atom stereocenters. The second-order valence-electron chi connectivity index (χ2n) is 4.89. The molecule has 5 heteroatoms. The van der Waals surface area contributed by atoms with Crippen LogP contribution in [0.3, 0.4) is 0 Å². The van der Waals surface area contributed by atoms with Gasteiger partial charge in [-0.3, -0.25) is 4.99 Å². The molecular weight excluding hydrogens is 325 g/mol. The summed E-state index contributed by atoms with van der Waals surface area (Å²) in [6, 6.07) is 11.4. The first-order chi connectivity index (χ1) is 10.1. The van der Waals surface area contributed by atoms with Crippen LogP contribution < -0.4 is 0 Å². The van der Waals surface area contributed by atoms with Crippen molar-refractivity contribution >= 4 is 46.9 Å². The van der Waals surface area contributed by atoms with Crippen LogP contribution in [0.1, 0.15) is 17.2 Å². The molecule has 1 aliphatic rings. The van der Waals surface area contributed by atoms with E-state index in [1.807, 2.05) is 18.2 Å². The van der Waals surface area contributed by atoms with Gasteiger partial charge >= 0.3 is 0 Å². The van der Waals surface area contributed by atoms with Crippen LogP contribution in [0, 0.1) is 6.92 Å². The third-order valence-electron chi connectivity index (χ3n) is 3.40. The molecule has 1 N–H and O–H groups in total. The number of aliphatic hydroxyl groups excluding tert-OH is 1. The van der Waals surface area contributed by atoms with Gasteiger partial charge in [0, 0.05) is 21.7 Å². The summed E-state index contributed by atoms with van der Waals surface area (Å²) < 4.78 is 0. The van der Waals surface area contributed by atoms with E-state index in [4.69, 9.17) is 23.2 Å². The van der Waals surface area contributed by atoms with Gasteiger partial charge in [-0.1, -0.05) is 41.4 Å². The van der Waals surface area contributed by atoms with Crippen LogP contribution in [0.25, 0.3) is 0 Å². The van der Waals surface area contributed by atoms with E-state index in [1.54, 1.807) is 30.1 Å². The number of hydrogen-bond acceptors (Lipinski definition) is 3.